The van der Waals surface area contributed by atoms with Gasteiger partial charge in [-0.1, -0.05) is 18.2 Å². The number of amides is 4. The maximum atomic E-state index is 13.8. The van der Waals surface area contributed by atoms with Crippen LogP contribution >= 0.6 is 0 Å². The van der Waals surface area contributed by atoms with Crippen molar-refractivity contribution in [1.82, 2.24) is 19.6 Å². The van der Waals surface area contributed by atoms with Crippen LogP contribution < -0.4 is 11.1 Å². The zero-order valence-electron chi connectivity index (χ0n) is 26.8. The predicted molar refractivity (Wildman–Crippen MR) is 167 cm³/mol. The van der Waals surface area contributed by atoms with Crippen LogP contribution in [0.4, 0.5) is 42.5 Å². The van der Waals surface area contributed by atoms with Crippen LogP contribution in [0.3, 0.4) is 0 Å². The molecule has 0 bridgehead atoms. The summed E-state index contributed by atoms with van der Waals surface area (Å²) in [5.41, 5.74) is 1.97. The second-order valence-corrected chi connectivity index (χ2v) is 13.1. The topological polar surface area (TPSA) is 102 Å². The summed E-state index contributed by atoms with van der Waals surface area (Å²) in [6, 6.07) is 8.39. The molecule has 3 N–H and O–H groups in total. The van der Waals surface area contributed by atoms with E-state index in [2.05, 4.69) is 5.32 Å². The number of anilines is 2. The van der Waals surface area contributed by atoms with Gasteiger partial charge in [0.25, 0.3) is 0 Å². The van der Waals surface area contributed by atoms with E-state index in [0.717, 1.165) is 11.3 Å². The van der Waals surface area contributed by atoms with E-state index in [0.29, 0.717) is 57.5 Å². The number of piperidine rings is 2. The lowest BCUT2D eigenvalue weighted by molar-refractivity contribution is -0.143. The summed E-state index contributed by atoms with van der Waals surface area (Å²) in [5, 5.41) is 2.89. The van der Waals surface area contributed by atoms with Gasteiger partial charge in [-0.25, -0.2) is 4.79 Å². The van der Waals surface area contributed by atoms with Crippen molar-refractivity contribution in [3.63, 3.8) is 0 Å². The molecule has 0 spiro atoms. The summed E-state index contributed by atoms with van der Waals surface area (Å²) in [5.74, 6) is -2.11. The molecule has 5 rings (SSSR count). The lowest BCUT2D eigenvalue weighted by Gasteiger charge is -2.41. The first-order valence-corrected chi connectivity index (χ1v) is 16.0. The molecule has 0 aliphatic carbocycles. The van der Waals surface area contributed by atoms with Crippen molar-refractivity contribution in [2.24, 2.45) is 5.92 Å². The molecule has 1 unspecified atom stereocenters. The molecule has 0 aromatic heterocycles. The number of carbonyl (C=O) groups is 3. The first kappa shape index (κ1) is 35.3. The SMILES string of the molecule is CN(C)C1CCN(C(=O)C(CC(=O)N2CCC(N3Cc4ccccc4NC3=O)CC2)Cc2cc(C(F)(F)F)c(N)c(C(F)(F)F)c2)CC1. The molecule has 3 aliphatic heterocycles. The number of fused-ring (bicyclic) bond motifs is 1. The third-order valence-electron chi connectivity index (χ3n) is 9.73. The summed E-state index contributed by atoms with van der Waals surface area (Å²) in [6.45, 7) is 1.68. The average Bonchev–Trinajstić information content (AvgIpc) is 3.03. The molecule has 2 aromatic rings. The molecule has 15 heteroatoms. The van der Waals surface area contributed by atoms with Gasteiger partial charge in [0, 0.05) is 56.9 Å². The number of nitrogen functional groups attached to an aromatic ring is 1. The molecular formula is C33H40F6N6O3. The van der Waals surface area contributed by atoms with Crippen LogP contribution in [0.2, 0.25) is 0 Å². The highest BCUT2D eigenvalue weighted by molar-refractivity contribution is 5.92. The van der Waals surface area contributed by atoms with Crippen LogP contribution in [0, 0.1) is 5.92 Å². The Kier molecular flexibility index (Phi) is 10.2. The van der Waals surface area contributed by atoms with Gasteiger partial charge in [0.05, 0.1) is 22.7 Å². The van der Waals surface area contributed by atoms with Crippen molar-refractivity contribution in [3.05, 3.63) is 58.7 Å². The van der Waals surface area contributed by atoms with Crippen molar-refractivity contribution >= 4 is 29.2 Å². The Labute approximate surface area is 275 Å². The fourth-order valence-electron chi connectivity index (χ4n) is 6.98. The molecule has 0 saturated carbocycles. The standard InChI is InChI=1S/C33H40F6N6O3/c1-42(2)23-7-13-44(14-8-23)30(47)22(15-20-16-25(32(34,35)36)29(40)26(17-20)33(37,38)39)18-28(46)43-11-9-24(10-12-43)45-19-21-5-3-4-6-27(21)41-31(45)48/h3-6,16-17,22-24H,7-15,18-19,40H2,1-2H3,(H,41,48). The second-order valence-electron chi connectivity index (χ2n) is 13.1. The van der Waals surface area contributed by atoms with E-state index in [-0.39, 0.29) is 43.2 Å². The van der Waals surface area contributed by atoms with E-state index in [1.54, 1.807) is 14.7 Å². The Morgan fingerprint density at radius 2 is 1.48 bits per heavy atom. The summed E-state index contributed by atoms with van der Waals surface area (Å²) >= 11 is 0. The molecule has 4 amide bonds. The van der Waals surface area contributed by atoms with Crippen molar-refractivity contribution < 1.29 is 40.7 Å². The van der Waals surface area contributed by atoms with Crippen LogP contribution in [0.15, 0.2) is 36.4 Å². The second kappa shape index (κ2) is 13.8. The van der Waals surface area contributed by atoms with Gasteiger partial charge >= 0.3 is 18.4 Å². The fraction of sp³-hybridized carbons (Fsp3) is 0.545. The summed E-state index contributed by atoms with van der Waals surface area (Å²) in [7, 11) is 3.84. The zero-order valence-corrected chi connectivity index (χ0v) is 26.8. The van der Waals surface area contributed by atoms with Crippen LogP contribution in [0.25, 0.3) is 0 Å². The molecule has 1 atom stereocenters. The van der Waals surface area contributed by atoms with Crippen LogP contribution in [-0.2, 0) is 34.9 Å². The number of para-hydroxylation sites is 1. The normalized spacial score (nSPS) is 18.9. The largest absolute Gasteiger partial charge is 0.418 e. The van der Waals surface area contributed by atoms with E-state index in [1.807, 2.05) is 43.3 Å². The molecule has 3 aliphatic rings. The van der Waals surface area contributed by atoms with Gasteiger partial charge in [-0.15, -0.1) is 0 Å². The van der Waals surface area contributed by atoms with Gasteiger partial charge in [-0.05, 0) is 75.5 Å². The summed E-state index contributed by atoms with van der Waals surface area (Å²) in [4.78, 5) is 47.1. The summed E-state index contributed by atoms with van der Waals surface area (Å²) in [6.07, 6.45) is -9.00. The van der Waals surface area contributed by atoms with E-state index >= 15 is 0 Å². The Hall–Kier alpha value is -4.01. The predicted octanol–water partition coefficient (Wildman–Crippen LogP) is 5.45. The van der Waals surface area contributed by atoms with Crippen molar-refractivity contribution in [3.8, 4) is 0 Å². The maximum Gasteiger partial charge on any atom is 0.418 e. The van der Waals surface area contributed by atoms with Crippen molar-refractivity contribution in [1.29, 1.82) is 0 Å². The first-order chi connectivity index (χ1) is 22.5. The molecule has 2 aromatic carbocycles. The Bertz CT molecular complexity index is 1480. The number of likely N-dealkylation sites (tertiary alicyclic amines) is 2. The van der Waals surface area contributed by atoms with E-state index < -0.39 is 53.3 Å². The number of nitrogens with two attached hydrogens (primary N) is 1. The molecule has 48 heavy (non-hydrogen) atoms. The number of alkyl halides is 6. The Balaban J connectivity index is 1.33. The van der Waals surface area contributed by atoms with Gasteiger partial charge in [0.2, 0.25) is 11.8 Å². The van der Waals surface area contributed by atoms with Crippen LogP contribution in [0.5, 0.6) is 0 Å². The highest BCUT2D eigenvalue weighted by Gasteiger charge is 2.42. The minimum absolute atomic E-state index is 0.144. The van der Waals surface area contributed by atoms with Crippen molar-refractivity contribution in [2.45, 2.75) is 69.5 Å². The number of nitrogens with one attached hydrogen (secondary N) is 1. The van der Waals surface area contributed by atoms with E-state index in [9.17, 15) is 40.7 Å². The number of nitrogens with zero attached hydrogens (tertiary/aromatic N) is 4. The molecular weight excluding hydrogens is 642 g/mol. The van der Waals surface area contributed by atoms with Gasteiger partial charge in [0.1, 0.15) is 0 Å². The Morgan fingerprint density at radius 3 is 2.04 bits per heavy atom. The minimum atomic E-state index is -5.17. The summed E-state index contributed by atoms with van der Waals surface area (Å²) < 4.78 is 82.7. The average molecular weight is 683 g/mol. The van der Waals surface area contributed by atoms with Gasteiger partial charge in [0.15, 0.2) is 0 Å². The van der Waals surface area contributed by atoms with Gasteiger partial charge in [-0.2, -0.15) is 26.3 Å². The van der Waals surface area contributed by atoms with Gasteiger partial charge in [-0.3, -0.25) is 9.59 Å². The lowest BCUT2D eigenvalue weighted by atomic mass is 9.90. The lowest BCUT2D eigenvalue weighted by Crippen LogP contribution is -2.51. The number of carbonyl (C=O) groups excluding carboxylic acids is 3. The van der Waals surface area contributed by atoms with Crippen LogP contribution in [-0.4, -0.2) is 89.8 Å². The fourth-order valence-corrected chi connectivity index (χ4v) is 6.98. The first-order valence-electron chi connectivity index (χ1n) is 16.0. The highest BCUT2D eigenvalue weighted by atomic mass is 19.4. The smallest absolute Gasteiger partial charge is 0.398 e. The zero-order chi connectivity index (χ0) is 35.0. The maximum absolute atomic E-state index is 13.8. The van der Waals surface area contributed by atoms with Gasteiger partial charge < -0.3 is 30.7 Å². The molecule has 9 nitrogen and oxygen atoms in total. The monoisotopic (exact) mass is 682 g/mol. The van der Waals surface area contributed by atoms with Crippen LogP contribution in [0.1, 0.15) is 54.4 Å². The molecule has 0 radical (unpaired) electrons. The third-order valence-corrected chi connectivity index (χ3v) is 9.73. The molecule has 262 valence electrons. The Morgan fingerprint density at radius 1 is 0.917 bits per heavy atom. The number of benzene rings is 2. The quantitative estimate of drug-likeness (QED) is 0.299. The number of halogens is 6. The molecule has 2 saturated heterocycles. The number of hydrogen-bond donors (Lipinski definition) is 2. The number of rotatable bonds is 7. The highest BCUT2D eigenvalue weighted by Crippen LogP contribution is 2.42. The van der Waals surface area contributed by atoms with Crippen molar-refractivity contribution in [2.75, 3.05) is 51.3 Å². The van der Waals surface area contributed by atoms with E-state index in [4.69, 9.17) is 5.73 Å². The third kappa shape index (κ3) is 7.82. The van der Waals surface area contributed by atoms with E-state index in [1.165, 1.54) is 0 Å². The number of hydrogen-bond acceptors (Lipinski definition) is 5. The number of urea groups is 1. The molecule has 3 heterocycles. The molecule has 2 fully saturated rings. The minimum Gasteiger partial charge on any atom is -0.398 e.